The molecule has 5 nitrogen and oxygen atoms in total. The van der Waals surface area contributed by atoms with Gasteiger partial charge in [-0.15, -0.1) is 0 Å². The van der Waals surface area contributed by atoms with Gasteiger partial charge < -0.3 is 14.6 Å². The molecular weight excluding hydrogens is 328 g/mol. The Morgan fingerprint density at radius 3 is 2.71 bits per heavy atom. The zero-order valence-electron chi connectivity index (χ0n) is 13.0. The average molecular weight is 342 g/mol. The lowest BCUT2D eigenvalue weighted by Crippen LogP contribution is -2.41. The first-order valence-electron chi connectivity index (χ1n) is 7.29. The fraction of sp³-hybridized carbons (Fsp3) is 0.467. The molecule has 1 saturated heterocycles. The number of hydrogen-bond acceptors (Lipinski definition) is 4. The Bertz CT molecular complexity index is 837. The summed E-state index contributed by atoms with van der Waals surface area (Å²) in [6.07, 6.45) is -5.08. The lowest BCUT2D eigenvalue weighted by molar-refractivity contribution is -0.141. The highest BCUT2D eigenvalue weighted by molar-refractivity contribution is 5.93. The molecule has 0 radical (unpaired) electrons. The number of aryl methyl sites for hydroxylation is 1. The average Bonchev–Trinajstić information content (AvgIpc) is 2.79. The molecule has 1 fully saturated rings. The van der Waals surface area contributed by atoms with Crippen LogP contribution in [0.2, 0.25) is 0 Å². The number of morpholine rings is 1. The van der Waals surface area contributed by atoms with Crippen LogP contribution in [0.5, 0.6) is 0 Å². The molecule has 1 atom stereocenters. The van der Waals surface area contributed by atoms with Crippen molar-refractivity contribution in [1.29, 1.82) is 5.26 Å². The van der Waals surface area contributed by atoms with Crippen LogP contribution in [0.25, 0.3) is 11.0 Å². The third kappa shape index (κ3) is 2.57. The van der Waals surface area contributed by atoms with Gasteiger partial charge in [0.2, 0.25) is 0 Å². The van der Waals surface area contributed by atoms with Gasteiger partial charge >= 0.3 is 6.18 Å². The molecule has 1 N–H and O–H groups in total. The molecule has 1 aliphatic heterocycles. The van der Waals surface area contributed by atoms with E-state index >= 15 is 0 Å². The molecule has 1 unspecified atom stereocenters. The van der Waals surface area contributed by atoms with Gasteiger partial charge in [0.25, 0.3) is 0 Å². The molecule has 24 heavy (non-hydrogen) atoms. The molecule has 3 rings (SSSR count). The Morgan fingerprint density at radius 1 is 1.42 bits per heavy atom. The van der Waals surface area contributed by atoms with Crippen molar-refractivity contribution in [1.82, 2.24) is 9.97 Å². The molecule has 0 bridgehead atoms. The molecule has 1 aliphatic rings. The lowest BCUT2D eigenvalue weighted by Gasteiger charge is -2.34. The summed E-state index contributed by atoms with van der Waals surface area (Å²) in [6.45, 7) is 4.09. The summed E-state index contributed by atoms with van der Waals surface area (Å²) in [5.74, 6) is -0.845. The zero-order valence-corrected chi connectivity index (χ0v) is 13.0. The Morgan fingerprint density at radius 2 is 2.12 bits per heavy atom. The van der Waals surface area contributed by atoms with Gasteiger partial charge in [-0.3, -0.25) is 0 Å². The molecule has 0 amide bonds. The Hall–Kier alpha value is -2.34. The van der Waals surface area contributed by atoms with Crippen LogP contribution in [0.1, 0.15) is 23.9 Å². The zero-order chi connectivity index (χ0) is 17.6. The van der Waals surface area contributed by atoms with Gasteiger partial charge in [0.1, 0.15) is 17.1 Å². The number of nitrogens with one attached hydrogen (secondary N) is 1. The summed E-state index contributed by atoms with van der Waals surface area (Å²) in [4.78, 5) is 7.74. The smallest absolute Gasteiger partial charge is 0.375 e. The fourth-order valence-corrected chi connectivity index (χ4v) is 2.92. The number of nitrogens with zero attached hydrogens (tertiary/aromatic N) is 3. The third-order valence-electron chi connectivity index (χ3n) is 3.96. The maximum atomic E-state index is 14.2. The van der Waals surface area contributed by atoms with E-state index < -0.39 is 28.8 Å². The Labute approximate surface area is 134 Å². The number of rotatable bonds is 1. The van der Waals surface area contributed by atoms with Gasteiger partial charge in [0.15, 0.2) is 11.5 Å². The number of aromatic nitrogens is 2. The largest absolute Gasteiger partial charge is 0.434 e. The quantitative estimate of drug-likeness (QED) is 0.809. The molecule has 9 heteroatoms. The van der Waals surface area contributed by atoms with Crippen LogP contribution in [-0.4, -0.2) is 35.8 Å². The van der Waals surface area contributed by atoms with Gasteiger partial charge in [-0.25, -0.2) is 9.37 Å². The van der Waals surface area contributed by atoms with Crippen LogP contribution in [0, 0.1) is 24.1 Å². The minimum absolute atomic E-state index is 0.0250. The minimum atomic E-state index is -4.86. The number of H-pyrrole nitrogens is 1. The van der Waals surface area contributed by atoms with Crippen LogP contribution < -0.4 is 4.90 Å². The number of ether oxygens (including phenoxy) is 1. The predicted octanol–water partition coefficient (Wildman–Crippen LogP) is 3.13. The summed E-state index contributed by atoms with van der Waals surface area (Å²) < 4.78 is 59.6. The van der Waals surface area contributed by atoms with E-state index in [0.717, 1.165) is 0 Å². The van der Waals surface area contributed by atoms with Crippen LogP contribution in [0.4, 0.5) is 23.2 Å². The summed E-state index contributed by atoms with van der Waals surface area (Å²) in [5, 5.41) is 9.34. The Balaban J connectivity index is 2.36. The molecule has 2 aromatic heterocycles. The molecule has 128 valence electrons. The molecule has 2 aromatic rings. The molecule has 0 spiro atoms. The number of nitriles is 1. The molecule has 0 saturated carbocycles. The van der Waals surface area contributed by atoms with Crippen molar-refractivity contribution in [3.05, 3.63) is 22.8 Å². The highest BCUT2D eigenvalue weighted by Gasteiger charge is 2.40. The molecule has 3 heterocycles. The summed E-state index contributed by atoms with van der Waals surface area (Å²) >= 11 is 0. The lowest BCUT2D eigenvalue weighted by atomic mass is 10.1. The fourth-order valence-electron chi connectivity index (χ4n) is 2.92. The molecule has 0 aromatic carbocycles. The van der Waals surface area contributed by atoms with Crippen molar-refractivity contribution in [3.8, 4) is 6.07 Å². The number of aromatic amines is 1. The first kappa shape index (κ1) is 16.5. The monoisotopic (exact) mass is 342 g/mol. The standard InChI is InChI=1S/C15H14F4N4O/c1-7-6-23(3-4-24-7)13-9(5-20)14(15(17,18)19)22-11-10(16)8(2)21-12(11)13/h7,21H,3-4,6H2,1-2H3. The second kappa shape index (κ2) is 5.63. The summed E-state index contributed by atoms with van der Waals surface area (Å²) in [6, 6.07) is 1.60. The number of hydrogen-bond donors (Lipinski definition) is 1. The van der Waals surface area contributed by atoms with Crippen LogP contribution in [0.3, 0.4) is 0 Å². The molecular formula is C15H14F4N4O. The molecule has 0 aliphatic carbocycles. The van der Waals surface area contributed by atoms with E-state index in [1.807, 2.05) is 0 Å². The maximum absolute atomic E-state index is 14.2. The number of fused-ring (bicyclic) bond motifs is 1. The summed E-state index contributed by atoms with van der Waals surface area (Å²) in [7, 11) is 0. The second-order valence-electron chi connectivity index (χ2n) is 5.71. The number of pyridine rings is 1. The highest BCUT2D eigenvalue weighted by atomic mass is 19.4. The topological polar surface area (TPSA) is 64.9 Å². The SMILES string of the molecule is Cc1[nH]c2c(N3CCOC(C)C3)c(C#N)c(C(F)(F)F)nc2c1F. The van der Waals surface area contributed by atoms with E-state index in [0.29, 0.717) is 19.7 Å². The van der Waals surface area contributed by atoms with Crippen molar-refractivity contribution in [2.24, 2.45) is 0 Å². The second-order valence-corrected chi connectivity index (χ2v) is 5.71. The Kier molecular flexibility index (Phi) is 3.87. The number of alkyl halides is 3. The highest BCUT2D eigenvalue weighted by Crippen LogP contribution is 2.40. The van der Waals surface area contributed by atoms with Gasteiger partial charge in [-0.2, -0.15) is 18.4 Å². The van der Waals surface area contributed by atoms with Crippen LogP contribution >= 0.6 is 0 Å². The minimum Gasteiger partial charge on any atom is -0.375 e. The van der Waals surface area contributed by atoms with E-state index in [2.05, 4.69) is 9.97 Å². The van der Waals surface area contributed by atoms with E-state index in [9.17, 15) is 22.8 Å². The van der Waals surface area contributed by atoms with E-state index in [1.165, 1.54) is 6.92 Å². The van der Waals surface area contributed by atoms with Gasteiger partial charge in [0, 0.05) is 13.1 Å². The normalized spacial score (nSPS) is 18.9. The van der Waals surface area contributed by atoms with Crippen molar-refractivity contribution in [2.45, 2.75) is 26.1 Å². The first-order valence-corrected chi connectivity index (χ1v) is 7.29. The van der Waals surface area contributed by atoms with E-state index in [-0.39, 0.29) is 23.0 Å². The van der Waals surface area contributed by atoms with E-state index in [1.54, 1.807) is 17.9 Å². The predicted molar refractivity (Wildman–Crippen MR) is 78.1 cm³/mol. The van der Waals surface area contributed by atoms with Crippen LogP contribution in [-0.2, 0) is 10.9 Å². The van der Waals surface area contributed by atoms with Crippen molar-refractivity contribution >= 4 is 16.7 Å². The van der Waals surface area contributed by atoms with E-state index in [4.69, 9.17) is 4.74 Å². The first-order chi connectivity index (χ1) is 11.2. The van der Waals surface area contributed by atoms with Crippen molar-refractivity contribution in [3.63, 3.8) is 0 Å². The van der Waals surface area contributed by atoms with Crippen molar-refractivity contribution < 1.29 is 22.3 Å². The van der Waals surface area contributed by atoms with Gasteiger partial charge in [-0.1, -0.05) is 0 Å². The third-order valence-corrected chi connectivity index (χ3v) is 3.96. The maximum Gasteiger partial charge on any atom is 0.434 e. The summed E-state index contributed by atoms with van der Waals surface area (Å²) in [5.41, 5.74) is -2.19. The number of halogens is 4. The van der Waals surface area contributed by atoms with Gasteiger partial charge in [0.05, 0.1) is 29.6 Å². The number of anilines is 1. The van der Waals surface area contributed by atoms with Crippen LogP contribution in [0.15, 0.2) is 0 Å². The van der Waals surface area contributed by atoms with Crippen molar-refractivity contribution in [2.75, 3.05) is 24.6 Å². The van der Waals surface area contributed by atoms with Gasteiger partial charge in [-0.05, 0) is 13.8 Å².